The van der Waals surface area contributed by atoms with Crippen molar-refractivity contribution in [1.29, 1.82) is 0 Å². The predicted molar refractivity (Wildman–Crippen MR) is 35.8 cm³/mol. The maximum atomic E-state index is 10.9. The molecule has 0 aromatic carbocycles. The number of nitrogens with zero attached hydrogens (tertiary/aromatic N) is 1. The van der Waals surface area contributed by atoms with E-state index in [-0.39, 0.29) is 18.7 Å². The van der Waals surface area contributed by atoms with Gasteiger partial charge in [-0.25, -0.2) is 4.18 Å². The van der Waals surface area contributed by atoms with Crippen LogP contribution in [0.25, 0.3) is 0 Å². The van der Waals surface area contributed by atoms with Crippen molar-refractivity contribution in [3.8, 4) is 0 Å². The second kappa shape index (κ2) is 2.49. The molecule has 0 saturated carbocycles. The molecule has 2 rings (SSSR count). The molecule has 0 aromatic heterocycles. The topological polar surface area (TPSA) is 72.9 Å². The summed E-state index contributed by atoms with van der Waals surface area (Å²) in [5.41, 5.74) is 0. The fourth-order valence-corrected chi connectivity index (χ4v) is 2.09. The zero-order valence-electron chi connectivity index (χ0n) is 6.10. The van der Waals surface area contributed by atoms with E-state index in [9.17, 15) is 13.2 Å². The van der Waals surface area contributed by atoms with Crippen molar-refractivity contribution in [2.24, 2.45) is 0 Å². The van der Waals surface area contributed by atoms with Gasteiger partial charge < -0.3 is 0 Å². The number of piperidine rings is 1. The number of ketones is 1. The number of hydrogen-bond donors (Lipinski definition) is 0. The van der Waals surface area contributed by atoms with Crippen LogP contribution in [0, 0.1) is 0 Å². The van der Waals surface area contributed by atoms with E-state index < -0.39 is 16.6 Å². The van der Waals surface area contributed by atoms with E-state index >= 15 is 0 Å². The molecule has 12 heavy (non-hydrogen) atoms. The molecule has 0 amide bonds. The third-order valence-electron chi connectivity index (χ3n) is 1.75. The van der Waals surface area contributed by atoms with E-state index in [0.29, 0.717) is 6.42 Å². The quantitative estimate of drug-likeness (QED) is 0.500. The van der Waals surface area contributed by atoms with Crippen LogP contribution in [0.15, 0.2) is 0 Å². The zero-order valence-corrected chi connectivity index (χ0v) is 6.91. The highest BCUT2D eigenvalue weighted by atomic mass is 32.3. The molecular weight excluding hydrogens is 186 g/mol. The van der Waals surface area contributed by atoms with Gasteiger partial charge in [0, 0.05) is 19.4 Å². The first-order chi connectivity index (χ1) is 5.57. The van der Waals surface area contributed by atoms with Crippen LogP contribution in [0.5, 0.6) is 0 Å². The fraction of sp³-hybridized carbons (Fsp3) is 0.800. The van der Waals surface area contributed by atoms with Crippen LogP contribution in [-0.2, 0) is 23.7 Å². The molecule has 2 heterocycles. The van der Waals surface area contributed by atoms with Crippen LogP contribution in [0.2, 0.25) is 0 Å². The molecule has 2 aliphatic heterocycles. The minimum Gasteiger partial charge on any atom is -0.299 e. The summed E-state index contributed by atoms with van der Waals surface area (Å²) in [7, 11) is -3.88. The molecule has 0 spiro atoms. The van der Waals surface area contributed by atoms with Gasteiger partial charge in [0.15, 0.2) is 6.23 Å². The van der Waals surface area contributed by atoms with Crippen LogP contribution in [0.3, 0.4) is 0 Å². The van der Waals surface area contributed by atoms with E-state index in [1.165, 1.54) is 5.06 Å². The average molecular weight is 193 g/mol. The molecule has 0 radical (unpaired) electrons. The van der Waals surface area contributed by atoms with Crippen LogP contribution in [0.1, 0.15) is 12.8 Å². The summed E-state index contributed by atoms with van der Waals surface area (Å²) in [5.74, 6) is -0.00282. The number of hydrogen-bond acceptors (Lipinski definition) is 6. The van der Waals surface area contributed by atoms with Crippen LogP contribution >= 0.6 is 0 Å². The largest absolute Gasteiger partial charge is 0.418 e. The minimum atomic E-state index is -3.88. The number of carbonyl (C=O) groups is 1. The van der Waals surface area contributed by atoms with E-state index in [0.717, 1.165) is 0 Å². The van der Waals surface area contributed by atoms with Crippen molar-refractivity contribution >= 4 is 16.2 Å². The maximum absolute atomic E-state index is 10.9. The van der Waals surface area contributed by atoms with Gasteiger partial charge in [0.1, 0.15) is 5.78 Å². The monoisotopic (exact) mass is 193 g/mol. The molecule has 2 aliphatic rings. The van der Waals surface area contributed by atoms with Crippen molar-refractivity contribution in [3.05, 3.63) is 0 Å². The van der Waals surface area contributed by atoms with Crippen LogP contribution in [-0.4, -0.2) is 32.0 Å². The lowest BCUT2D eigenvalue weighted by Crippen LogP contribution is -2.37. The summed E-state index contributed by atoms with van der Waals surface area (Å²) < 4.78 is 30.3. The fourth-order valence-electron chi connectivity index (χ4n) is 1.22. The summed E-state index contributed by atoms with van der Waals surface area (Å²) in [4.78, 5) is 10.9. The minimum absolute atomic E-state index is 0.00282. The molecule has 7 heteroatoms. The molecule has 1 atom stereocenters. The van der Waals surface area contributed by atoms with E-state index in [1.807, 2.05) is 0 Å². The summed E-state index contributed by atoms with van der Waals surface area (Å²) in [6.45, 7) is 0.280. The van der Waals surface area contributed by atoms with Crippen molar-refractivity contribution in [2.75, 3.05) is 6.54 Å². The van der Waals surface area contributed by atoms with Crippen molar-refractivity contribution in [2.45, 2.75) is 19.1 Å². The Morgan fingerprint density at radius 1 is 1.50 bits per heavy atom. The highest BCUT2D eigenvalue weighted by Crippen LogP contribution is 2.25. The molecular formula is C5H7NO5S. The van der Waals surface area contributed by atoms with Gasteiger partial charge in [-0.3, -0.25) is 4.79 Å². The Kier molecular flexibility index (Phi) is 1.69. The predicted octanol–water partition coefficient (Wildman–Crippen LogP) is -0.816. The highest BCUT2D eigenvalue weighted by Gasteiger charge is 2.41. The van der Waals surface area contributed by atoms with Gasteiger partial charge in [0.05, 0.1) is 0 Å². The van der Waals surface area contributed by atoms with Gasteiger partial charge in [-0.1, -0.05) is 0 Å². The molecule has 0 bridgehead atoms. The molecule has 0 N–H and O–H groups in total. The lowest BCUT2D eigenvalue weighted by Gasteiger charge is -2.21. The zero-order chi connectivity index (χ0) is 8.77. The van der Waals surface area contributed by atoms with Crippen molar-refractivity contribution in [1.82, 2.24) is 5.06 Å². The van der Waals surface area contributed by atoms with Gasteiger partial charge in [0.2, 0.25) is 0 Å². The second-order valence-corrected chi connectivity index (χ2v) is 3.83. The first-order valence-corrected chi connectivity index (χ1v) is 4.81. The smallest absolute Gasteiger partial charge is 0.299 e. The summed E-state index contributed by atoms with van der Waals surface area (Å²) in [5, 5.41) is 1.18. The van der Waals surface area contributed by atoms with E-state index in [2.05, 4.69) is 8.47 Å². The van der Waals surface area contributed by atoms with E-state index in [4.69, 9.17) is 0 Å². The standard InChI is InChI=1S/C5H7NO5S/c7-4-1-2-6-5(3-4)10-12(8,9)11-6/h5H,1-3H2. The molecule has 0 aliphatic carbocycles. The molecule has 6 nitrogen and oxygen atoms in total. The molecule has 2 fully saturated rings. The highest BCUT2D eigenvalue weighted by molar-refractivity contribution is 7.82. The average Bonchev–Trinajstić information content (AvgIpc) is 2.21. The number of fused-ring (bicyclic) bond motifs is 1. The molecule has 1 unspecified atom stereocenters. The lowest BCUT2D eigenvalue weighted by atomic mass is 10.1. The normalized spacial score (nSPS) is 35.0. The lowest BCUT2D eigenvalue weighted by molar-refractivity contribution is -0.145. The number of rotatable bonds is 0. The van der Waals surface area contributed by atoms with Crippen molar-refractivity contribution < 1.29 is 21.7 Å². The SMILES string of the molecule is O=C1CCN2OS(=O)(=O)OC2C1. The Morgan fingerprint density at radius 3 is 3.00 bits per heavy atom. The first kappa shape index (κ1) is 8.11. The third kappa shape index (κ3) is 1.36. The van der Waals surface area contributed by atoms with Gasteiger partial charge in [-0.05, 0) is 0 Å². The Morgan fingerprint density at radius 2 is 2.25 bits per heavy atom. The second-order valence-electron chi connectivity index (χ2n) is 2.67. The molecule has 68 valence electrons. The van der Waals surface area contributed by atoms with Gasteiger partial charge in [0.25, 0.3) is 0 Å². The van der Waals surface area contributed by atoms with Crippen LogP contribution < -0.4 is 0 Å². The Balaban J connectivity index is 2.17. The van der Waals surface area contributed by atoms with Crippen LogP contribution in [0.4, 0.5) is 0 Å². The number of hydroxylamine groups is 2. The summed E-state index contributed by atoms with van der Waals surface area (Å²) in [6, 6.07) is 0. The summed E-state index contributed by atoms with van der Waals surface area (Å²) in [6.07, 6.45) is -0.342. The maximum Gasteiger partial charge on any atom is 0.418 e. The Labute approximate surface area is 69.3 Å². The Hall–Kier alpha value is -0.500. The Bertz CT molecular complexity index is 310. The van der Waals surface area contributed by atoms with Gasteiger partial charge in [-0.2, -0.15) is 12.7 Å². The number of carbonyl (C=O) groups excluding carboxylic acids is 1. The first-order valence-electron chi connectivity index (χ1n) is 3.48. The van der Waals surface area contributed by atoms with E-state index in [1.54, 1.807) is 0 Å². The summed E-state index contributed by atoms with van der Waals surface area (Å²) >= 11 is 0. The van der Waals surface area contributed by atoms with Crippen molar-refractivity contribution in [3.63, 3.8) is 0 Å². The van der Waals surface area contributed by atoms with Gasteiger partial charge >= 0.3 is 10.4 Å². The molecule has 0 aromatic rings. The number of Topliss-reactive ketones (excluding diaryl/α,β-unsaturated/α-hetero) is 1. The van der Waals surface area contributed by atoms with Gasteiger partial charge in [-0.15, -0.1) is 5.06 Å². The third-order valence-corrected chi connectivity index (χ3v) is 2.58. The molecule has 2 saturated heterocycles.